The summed E-state index contributed by atoms with van der Waals surface area (Å²) in [7, 11) is -1.50. The van der Waals surface area contributed by atoms with Crippen LogP contribution < -0.4 is 10.6 Å². The summed E-state index contributed by atoms with van der Waals surface area (Å²) in [5.41, 5.74) is 2.78. The molecule has 0 fully saturated rings. The predicted molar refractivity (Wildman–Crippen MR) is 118 cm³/mol. The lowest BCUT2D eigenvalue weighted by Gasteiger charge is -2.13. The van der Waals surface area contributed by atoms with Crippen LogP contribution in [0.3, 0.4) is 0 Å². The third-order valence-electron chi connectivity index (χ3n) is 3.67. The van der Waals surface area contributed by atoms with E-state index in [4.69, 9.17) is 11.6 Å². The van der Waals surface area contributed by atoms with E-state index in [0.717, 1.165) is 16.7 Å². The normalized spacial score (nSPS) is 11.6. The van der Waals surface area contributed by atoms with Crippen molar-refractivity contribution in [3.8, 4) is 0 Å². The fraction of sp³-hybridized carbons (Fsp3) is 0.278. The molecule has 0 aromatic heterocycles. The zero-order valence-electron chi connectivity index (χ0n) is 14.9. The third kappa shape index (κ3) is 6.77. The standard InChI is InChI=1S/C18H22ClN3O2S.HI/c1-13-9-15(7-8-17(13)25(3,23)24)12-22-18(20-2)21-11-14-5-4-6-16(19)10-14;/h4-10H,11-12H2,1-3H3,(H2,20,21,22);1H. The summed E-state index contributed by atoms with van der Waals surface area (Å²) < 4.78 is 23.3. The Balaban J connectivity index is 0.00000338. The van der Waals surface area contributed by atoms with E-state index in [1.165, 1.54) is 6.26 Å². The largest absolute Gasteiger partial charge is 0.352 e. The number of benzene rings is 2. The number of nitrogens with zero attached hydrogens (tertiary/aromatic N) is 1. The van der Waals surface area contributed by atoms with Gasteiger partial charge in [-0.05, 0) is 41.8 Å². The van der Waals surface area contributed by atoms with E-state index in [-0.39, 0.29) is 24.0 Å². The topological polar surface area (TPSA) is 70.6 Å². The van der Waals surface area contributed by atoms with Crippen molar-refractivity contribution < 1.29 is 8.42 Å². The van der Waals surface area contributed by atoms with Crippen LogP contribution in [0.4, 0.5) is 0 Å². The van der Waals surface area contributed by atoms with Crippen LogP contribution in [0.25, 0.3) is 0 Å². The molecular weight excluding hydrogens is 485 g/mol. The average molecular weight is 508 g/mol. The van der Waals surface area contributed by atoms with Crippen LogP contribution >= 0.6 is 35.6 Å². The number of aliphatic imine (C=N–C) groups is 1. The second-order valence-corrected chi connectivity index (χ2v) is 8.20. The molecule has 2 N–H and O–H groups in total. The Kier molecular flexibility index (Phi) is 8.85. The predicted octanol–water partition coefficient (Wildman–Crippen LogP) is 3.54. The van der Waals surface area contributed by atoms with Gasteiger partial charge in [-0.25, -0.2) is 8.42 Å². The van der Waals surface area contributed by atoms with E-state index >= 15 is 0 Å². The van der Waals surface area contributed by atoms with Crippen molar-refractivity contribution >= 4 is 51.4 Å². The lowest BCUT2D eigenvalue weighted by atomic mass is 10.1. The number of guanidine groups is 1. The molecule has 0 aliphatic rings. The summed E-state index contributed by atoms with van der Waals surface area (Å²) in [5.74, 6) is 0.657. The van der Waals surface area contributed by atoms with Gasteiger partial charge in [-0.2, -0.15) is 0 Å². The molecule has 0 spiro atoms. The van der Waals surface area contributed by atoms with Gasteiger partial charge >= 0.3 is 0 Å². The molecule has 2 aromatic carbocycles. The van der Waals surface area contributed by atoms with Crippen LogP contribution in [0.1, 0.15) is 16.7 Å². The molecule has 0 heterocycles. The second-order valence-electron chi connectivity index (χ2n) is 5.78. The maximum Gasteiger partial charge on any atom is 0.191 e. The van der Waals surface area contributed by atoms with Crippen molar-refractivity contribution in [2.24, 2.45) is 4.99 Å². The summed E-state index contributed by atoms with van der Waals surface area (Å²) in [6.45, 7) is 2.94. The molecule has 2 aromatic rings. The van der Waals surface area contributed by atoms with Crippen molar-refractivity contribution in [2.45, 2.75) is 24.9 Å². The first-order valence-electron chi connectivity index (χ1n) is 7.78. The van der Waals surface area contributed by atoms with Crippen LogP contribution in [-0.2, 0) is 22.9 Å². The Morgan fingerprint density at radius 1 is 1.08 bits per heavy atom. The maximum absolute atomic E-state index is 11.7. The summed E-state index contributed by atoms with van der Waals surface area (Å²) in [6, 6.07) is 12.9. The molecular formula is C18H23ClIN3O2S. The highest BCUT2D eigenvalue weighted by molar-refractivity contribution is 14.0. The molecule has 26 heavy (non-hydrogen) atoms. The minimum Gasteiger partial charge on any atom is -0.352 e. The molecule has 0 aliphatic carbocycles. The molecule has 0 amide bonds. The molecule has 0 bridgehead atoms. The maximum atomic E-state index is 11.7. The molecule has 0 atom stereocenters. The summed E-state index contributed by atoms with van der Waals surface area (Å²) in [5, 5.41) is 7.13. The smallest absolute Gasteiger partial charge is 0.191 e. The van der Waals surface area contributed by atoms with Crippen LogP contribution in [0.15, 0.2) is 52.4 Å². The van der Waals surface area contributed by atoms with E-state index in [2.05, 4.69) is 15.6 Å². The number of hydrogen-bond acceptors (Lipinski definition) is 3. The van der Waals surface area contributed by atoms with E-state index in [9.17, 15) is 8.42 Å². The fourth-order valence-electron chi connectivity index (χ4n) is 2.48. The molecule has 142 valence electrons. The van der Waals surface area contributed by atoms with Gasteiger partial charge < -0.3 is 10.6 Å². The van der Waals surface area contributed by atoms with E-state index in [1.54, 1.807) is 26.1 Å². The van der Waals surface area contributed by atoms with Gasteiger partial charge in [0.25, 0.3) is 0 Å². The van der Waals surface area contributed by atoms with Crippen molar-refractivity contribution in [1.82, 2.24) is 10.6 Å². The number of rotatable bonds is 5. The minimum absolute atomic E-state index is 0. The van der Waals surface area contributed by atoms with Gasteiger partial charge in [0.2, 0.25) is 0 Å². The van der Waals surface area contributed by atoms with Crippen molar-refractivity contribution in [1.29, 1.82) is 0 Å². The van der Waals surface area contributed by atoms with Crippen LogP contribution in [0.2, 0.25) is 5.02 Å². The van der Waals surface area contributed by atoms with Gasteiger partial charge in [0.15, 0.2) is 15.8 Å². The molecule has 8 heteroatoms. The zero-order valence-corrected chi connectivity index (χ0v) is 18.8. The SMILES string of the molecule is CN=C(NCc1cccc(Cl)c1)NCc1ccc(S(C)(=O)=O)c(C)c1.I. The average Bonchev–Trinajstić information content (AvgIpc) is 2.54. The second kappa shape index (κ2) is 10.1. The molecule has 0 saturated heterocycles. The van der Waals surface area contributed by atoms with Gasteiger partial charge in [-0.1, -0.05) is 35.9 Å². The fourth-order valence-corrected chi connectivity index (χ4v) is 3.65. The summed E-state index contributed by atoms with van der Waals surface area (Å²) in [6.07, 6.45) is 1.22. The molecule has 0 saturated carbocycles. The third-order valence-corrected chi connectivity index (χ3v) is 5.16. The van der Waals surface area contributed by atoms with E-state index in [1.807, 2.05) is 30.3 Å². The Bertz CT molecular complexity index is 886. The Morgan fingerprint density at radius 3 is 2.19 bits per heavy atom. The zero-order chi connectivity index (χ0) is 18.4. The van der Waals surface area contributed by atoms with Crippen molar-refractivity contribution in [3.63, 3.8) is 0 Å². The summed E-state index contributed by atoms with van der Waals surface area (Å²) in [4.78, 5) is 4.55. The molecule has 0 aliphatic heterocycles. The van der Waals surface area contributed by atoms with Crippen LogP contribution in [-0.4, -0.2) is 27.7 Å². The first kappa shape index (κ1) is 22.7. The monoisotopic (exact) mass is 507 g/mol. The molecule has 0 radical (unpaired) electrons. The first-order valence-corrected chi connectivity index (χ1v) is 10.0. The number of halogens is 2. The number of hydrogen-bond donors (Lipinski definition) is 2. The lowest BCUT2D eigenvalue weighted by Crippen LogP contribution is -2.36. The number of sulfone groups is 1. The number of nitrogens with one attached hydrogen (secondary N) is 2. The Hall–Kier alpha value is -1.32. The molecule has 0 unspecified atom stereocenters. The highest BCUT2D eigenvalue weighted by atomic mass is 127. The number of aryl methyl sites for hydroxylation is 1. The first-order chi connectivity index (χ1) is 11.8. The van der Waals surface area contributed by atoms with Crippen molar-refractivity contribution in [2.75, 3.05) is 13.3 Å². The van der Waals surface area contributed by atoms with Crippen LogP contribution in [0, 0.1) is 6.92 Å². The van der Waals surface area contributed by atoms with Crippen LogP contribution in [0.5, 0.6) is 0 Å². The highest BCUT2D eigenvalue weighted by Crippen LogP contribution is 2.16. The molecule has 5 nitrogen and oxygen atoms in total. The highest BCUT2D eigenvalue weighted by Gasteiger charge is 2.10. The van der Waals surface area contributed by atoms with Gasteiger partial charge in [-0.15, -0.1) is 24.0 Å². The van der Waals surface area contributed by atoms with Gasteiger partial charge in [-0.3, -0.25) is 4.99 Å². The molecule has 2 rings (SSSR count). The van der Waals surface area contributed by atoms with Crippen molar-refractivity contribution in [3.05, 3.63) is 64.2 Å². The lowest BCUT2D eigenvalue weighted by molar-refractivity contribution is 0.601. The quantitative estimate of drug-likeness (QED) is 0.369. The minimum atomic E-state index is -3.20. The Labute approximate surface area is 177 Å². The summed E-state index contributed by atoms with van der Waals surface area (Å²) >= 11 is 5.98. The Morgan fingerprint density at radius 2 is 1.69 bits per heavy atom. The van der Waals surface area contributed by atoms with E-state index < -0.39 is 9.84 Å². The van der Waals surface area contributed by atoms with E-state index in [0.29, 0.717) is 29.0 Å². The van der Waals surface area contributed by atoms with Gasteiger partial charge in [0.05, 0.1) is 4.90 Å². The van der Waals surface area contributed by atoms with Gasteiger partial charge in [0, 0.05) is 31.4 Å². The van der Waals surface area contributed by atoms with Gasteiger partial charge in [0.1, 0.15) is 0 Å².